The lowest BCUT2D eigenvalue weighted by Crippen LogP contribution is -2.25. The average molecular weight is 430 g/mol. The van der Waals surface area contributed by atoms with Crippen LogP contribution in [0.3, 0.4) is 0 Å². The number of hydrogen-bond acceptors (Lipinski definition) is 4. The Morgan fingerprint density at radius 3 is 2.66 bits per heavy atom. The molecule has 0 spiro atoms. The number of fused-ring (bicyclic) bond motifs is 1. The Bertz CT molecular complexity index is 1300. The summed E-state index contributed by atoms with van der Waals surface area (Å²) < 4.78 is 19.9. The van der Waals surface area contributed by atoms with Crippen molar-refractivity contribution in [1.82, 2.24) is 15.3 Å². The molecule has 0 aliphatic heterocycles. The van der Waals surface area contributed by atoms with E-state index in [1.807, 2.05) is 36.4 Å². The van der Waals surface area contributed by atoms with E-state index in [0.717, 1.165) is 46.6 Å². The number of nitrogens with zero attached hydrogens (tertiary/aromatic N) is 2. The minimum Gasteiger partial charge on any atom is -0.497 e. The van der Waals surface area contributed by atoms with Crippen molar-refractivity contribution in [1.29, 1.82) is 0 Å². The third kappa shape index (κ3) is 3.89. The van der Waals surface area contributed by atoms with Crippen LogP contribution in [0.2, 0.25) is 0 Å². The number of methoxy groups -OCH3 is 1. The summed E-state index contributed by atoms with van der Waals surface area (Å²) in [6.07, 6.45) is 3.69. The van der Waals surface area contributed by atoms with Gasteiger partial charge in [-0.1, -0.05) is 0 Å². The lowest BCUT2D eigenvalue weighted by Gasteiger charge is -2.20. The third-order valence-corrected chi connectivity index (χ3v) is 5.73. The largest absolute Gasteiger partial charge is 0.497 e. The molecule has 2 aromatic heterocycles. The zero-order valence-electron chi connectivity index (χ0n) is 17.9. The number of H-pyrrole nitrogens is 1. The highest BCUT2D eigenvalue weighted by molar-refractivity contribution is 5.96. The van der Waals surface area contributed by atoms with E-state index in [2.05, 4.69) is 15.3 Å². The number of benzene rings is 2. The van der Waals surface area contributed by atoms with Gasteiger partial charge in [0.1, 0.15) is 17.2 Å². The van der Waals surface area contributed by atoms with Gasteiger partial charge in [0, 0.05) is 29.7 Å². The smallest absolute Gasteiger partial charge is 0.251 e. The SMILES string of the molecule is COc1ccc(-c2cc3cc(N(C)c4cc(C(=O)NC5CC5)ccc4F)cnc3[nH]2)cc1. The molecule has 0 bridgehead atoms. The second-order valence-electron chi connectivity index (χ2n) is 8.02. The maximum atomic E-state index is 14.6. The summed E-state index contributed by atoms with van der Waals surface area (Å²) in [7, 11) is 3.40. The molecule has 2 aromatic carbocycles. The van der Waals surface area contributed by atoms with E-state index >= 15 is 0 Å². The van der Waals surface area contributed by atoms with Crippen molar-refractivity contribution in [3.05, 3.63) is 72.2 Å². The lowest BCUT2D eigenvalue weighted by molar-refractivity contribution is 0.0951. The normalized spacial score (nSPS) is 13.2. The van der Waals surface area contributed by atoms with Crippen molar-refractivity contribution >= 4 is 28.3 Å². The highest BCUT2D eigenvalue weighted by atomic mass is 19.1. The molecule has 1 saturated carbocycles. The van der Waals surface area contributed by atoms with Crippen molar-refractivity contribution in [3.63, 3.8) is 0 Å². The van der Waals surface area contributed by atoms with E-state index < -0.39 is 5.82 Å². The van der Waals surface area contributed by atoms with Crippen LogP contribution in [-0.4, -0.2) is 36.1 Å². The summed E-state index contributed by atoms with van der Waals surface area (Å²) in [5.74, 6) is 0.219. The molecular formula is C25H23FN4O2. The van der Waals surface area contributed by atoms with Crippen LogP contribution in [0.1, 0.15) is 23.2 Å². The fourth-order valence-electron chi connectivity index (χ4n) is 3.66. The lowest BCUT2D eigenvalue weighted by atomic mass is 10.1. The van der Waals surface area contributed by atoms with E-state index in [1.165, 1.54) is 12.1 Å². The molecule has 6 nitrogen and oxygen atoms in total. The number of halogens is 1. The van der Waals surface area contributed by atoms with Crippen molar-refractivity contribution in [2.24, 2.45) is 0 Å². The fraction of sp³-hybridized carbons (Fsp3) is 0.200. The van der Waals surface area contributed by atoms with Crippen LogP contribution in [-0.2, 0) is 0 Å². The molecule has 2 heterocycles. The number of amides is 1. The summed E-state index contributed by atoms with van der Waals surface area (Å²) in [6.45, 7) is 0. The van der Waals surface area contributed by atoms with Gasteiger partial charge in [-0.05, 0) is 73.0 Å². The number of aromatic nitrogens is 2. The predicted octanol–water partition coefficient (Wildman–Crippen LogP) is 5.04. The first kappa shape index (κ1) is 20.1. The Morgan fingerprint density at radius 2 is 1.94 bits per heavy atom. The molecule has 1 aliphatic rings. The van der Waals surface area contributed by atoms with Crippen LogP contribution in [0.25, 0.3) is 22.3 Å². The van der Waals surface area contributed by atoms with Gasteiger partial charge in [-0.25, -0.2) is 9.37 Å². The first-order valence-electron chi connectivity index (χ1n) is 10.5. The molecule has 32 heavy (non-hydrogen) atoms. The predicted molar refractivity (Wildman–Crippen MR) is 123 cm³/mol. The zero-order chi connectivity index (χ0) is 22.2. The first-order chi connectivity index (χ1) is 15.5. The molecule has 7 heteroatoms. The molecule has 4 aromatic rings. The van der Waals surface area contributed by atoms with Crippen LogP contribution in [0.15, 0.2) is 60.8 Å². The van der Waals surface area contributed by atoms with Gasteiger partial charge in [0.15, 0.2) is 0 Å². The summed E-state index contributed by atoms with van der Waals surface area (Å²) in [4.78, 5) is 21.9. The molecule has 1 aliphatic carbocycles. The molecule has 0 saturated heterocycles. The van der Waals surface area contributed by atoms with Crippen LogP contribution in [0, 0.1) is 5.82 Å². The molecule has 0 unspecified atom stereocenters. The van der Waals surface area contributed by atoms with E-state index in [9.17, 15) is 9.18 Å². The summed E-state index contributed by atoms with van der Waals surface area (Å²) in [5, 5.41) is 3.85. The maximum absolute atomic E-state index is 14.6. The number of anilines is 2. The molecule has 0 radical (unpaired) electrons. The van der Waals surface area contributed by atoms with Gasteiger partial charge in [0.05, 0.1) is 24.7 Å². The maximum Gasteiger partial charge on any atom is 0.251 e. The second-order valence-corrected chi connectivity index (χ2v) is 8.02. The Hall–Kier alpha value is -3.87. The quantitative estimate of drug-likeness (QED) is 0.450. The molecule has 0 atom stereocenters. The van der Waals surface area contributed by atoms with Crippen molar-refractivity contribution < 1.29 is 13.9 Å². The number of hydrogen-bond donors (Lipinski definition) is 2. The second kappa shape index (κ2) is 8.00. The van der Waals surface area contributed by atoms with Crippen LogP contribution in [0.5, 0.6) is 5.75 Å². The highest BCUT2D eigenvalue weighted by Gasteiger charge is 2.24. The van der Waals surface area contributed by atoms with Gasteiger partial charge in [0.25, 0.3) is 5.91 Å². The Labute approximate surface area is 185 Å². The molecule has 1 amide bonds. The van der Waals surface area contributed by atoms with Crippen molar-refractivity contribution in [2.75, 3.05) is 19.1 Å². The summed E-state index contributed by atoms with van der Waals surface area (Å²) >= 11 is 0. The van der Waals surface area contributed by atoms with Crippen LogP contribution in [0.4, 0.5) is 15.8 Å². The topological polar surface area (TPSA) is 70.2 Å². The molecule has 5 rings (SSSR count). The Balaban J connectivity index is 1.44. The molecule has 162 valence electrons. The first-order valence-corrected chi connectivity index (χ1v) is 10.5. The van der Waals surface area contributed by atoms with Gasteiger partial charge >= 0.3 is 0 Å². The summed E-state index contributed by atoms with van der Waals surface area (Å²) in [6, 6.07) is 16.4. The van der Waals surface area contributed by atoms with Crippen molar-refractivity contribution in [2.45, 2.75) is 18.9 Å². The number of carbonyl (C=O) groups excluding carboxylic acids is 1. The van der Waals surface area contributed by atoms with Gasteiger partial charge < -0.3 is 19.9 Å². The number of rotatable bonds is 6. The minimum absolute atomic E-state index is 0.175. The number of pyridine rings is 1. The standard InChI is InChI=1S/C25H23FN4O2/c1-30(23-13-16(5-10-21(23)26)25(31)28-18-6-7-18)19-11-17-12-22(29-24(17)27-14-19)15-3-8-20(32-2)9-4-15/h3-5,8-14,18H,6-7H2,1-2H3,(H,27,29)(H,28,31). The van der Waals surface area contributed by atoms with E-state index in [1.54, 1.807) is 31.3 Å². The number of aromatic amines is 1. The van der Waals surface area contributed by atoms with Crippen LogP contribution >= 0.6 is 0 Å². The van der Waals surface area contributed by atoms with Gasteiger partial charge in [-0.15, -0.1) is 0 Å². The summed E-state index contributed by atoms with van der Waals surface area (Å²) in [5.41, 5.74) is 4.17. The van der Waals surface area contributed by atoms with E-state index in [0.29, 0.717) is 11.3 Å². The zero-order valence-corrected chi connectivity index (χ0v) is 17.9. The number of ether oxygens (including phenoxy) is 1. The van der Waals surface area contributed by atoms with Gasteiger partial charge in [0.2, 0.25) is 0 Å². The number of nitrogens with one attached hydrogen (secondary N) is 2. The van der Waals surface area contributed by atoms with Crippen molar-refractivity contribution in [3.8, 4) is 17.0 Å². The molecule has 1 fully saturated rings. The van der Waals surface area contributed by atoms with E-state index in [4.69, 9.17) is 4.74 Å². The average Bonchev–Trinajstić information content (AvgIpc) is 3.53. The van der Waals surface area contributed by atoms with Crippen LogP contribution < -0.4 is 15.0 Å². The number of carbonyl (C=O) groups is 1. The minimum atomic E-state index is -0.399. The van der Waals surface area contributed by atoms with Gasteiger partial charge in [-0.2, -0.15) is 0 Å². The Kier molecular flexibility index (Phi) is 5.01. The Morgan fingerprint density at radius 1 is 1.16 bits per heavy atom. The van der Waals surface area contributed by atoms with E-state index in [-0.39, 0.29) is 11.9 Å². The molecule has 2 N–H and O–H groups in total. The third-order valence-electron chi connectivity index (χ3n) is 5.73. The molecular weight excluding hydrogens is 407 g/mol. The fourth-order valence-corrected chi connectivity index (χ4v) is 3.66. The monoisotopic (exact) mass is 430 g/mol. The van der Waals surface area contributed by atoms with Gasteiger partial charge in [-0.3, -0.25) is 4.79 Å². The highest BCUT2D eigenvalue weighted by Crippen LogP contribution is 2.31.